The molecule has 1 aromatic heterocycles. The molecule has 2 N–H and O–H groups in total. The van der Waals surface area contributed by atoms with E-state index in [2.05, 4.69) is 28.4 Å². The van der Waals surface area contributed by atoms with Crippen LogP contribution in [0, 0.1) is 0 Å². The second-order valence-corrected chi connectivity index (χ2v) is 10.6. The number of rotatable bonds is 12. The van der Waals surface area contributed by atoms with E-state index in [1.54, 1.807) is 10.6 Å². The number of aliphatic hydroxyl groups excluding tert-OH is 1. The molecule has 2 heterocycles. The highest BCUT2D eigenvalue weighted by atomic mass is 35.5. The summed E-state index contributed by atoms with van der Waals surface area (Å²) in [6.45, 7) is 7.58. The van der Waals surface area contributed by atoms with Crippen molar-refractivity contribution in [1.29, 1.82) is 0 Å². The Hall–Kier alpha value is -2.58. The number of carbonyl (C=O) groups is 1. The Morgan fingerprint density at radius 2 is 2.08 bits per heavy atom. The van der Waals surface area contributed by atoms with Gasteiger partial charge in [0, 0.05) is 24.6 Å². The van der Waals surface area contributed by atoms with Crippen LogP contribution in [0.25, 0.3) is 6.58 Å². The van der Waals surface area contributed by atoms with Crippen molar-refractivity contribution < 1.29 is 14.6 Å². The third kappa shape index (κ3) is 6.65. The lowest BCUT2D eigenvalue weighted by Crippen LogP contribution is -2.42. The van der Waals surface area contributed by atoms with Gasteiger partial charge >= 0.3 is 0 Å². The second kappa shape index (κ2) is 12.8. The van der Waals surface area contributed by atoms with Crippen LogP contribution in [0.5, 0.6) is 5.75 Å². The molecule has 8 nitrogen and oxygen atoms in total. The van der Waals surface area contributed by atoms with E-state index in [4.69, 9.17) is 16.3 Å². The number of amides is 1. The fourth-order valence-electron chi connectivity index (χ4n) is 5.29. The minimum Gasteiger partial charge on any atom is -0.492 e. The van der Waals surface area contributed by atoms with Gasteiger partial charge < -0.3 is 19.3 Å². The summed E-state index contributed by atoms with van der Waals surface area (Å²) in [4.78, 5) is 34.1. The van der Waals surface area contributed by atoms with E-state index in [0.29, 0.717) is 72.3 Å². The normalized spacial score (nSPS) is 16.0. The Bertz CT molecular complexity index is 1250. The standard InChI is InChI=1S/C28H39ClN4O4/c1-3-4-16-32(20-9-6-5-7-10-20)25(35)15-12-21(34)11-8-17-37-24-14-13-23-22(26(24)29)18-33-19(2)27(36)31-28(33)30-23/h13-14,20-21,34H,2-12,15-18H2,1H3,(H,30,31,36). The number of hydrogen-bond donors (Lipinski definition) is 2. The summed E-state index contributed by atoms with van der Waals surface area (Å²) in [5.41, 5.74) is 1.68. The molecule has 1 fully saturated rings. The number of benzene rings is 1. The highest BCUT2D eigenvalue weighted by Gasteiger charge is 2.25. The van der Waals surface area contributed by atoms with Crippen LogP contribution in [0.4, 0.5) is 5.69 Å². The van der Waals surface area contributed by atoms with Crippen LogP contribution in [0.1, 0.15) is 83.1 Å². The predicted octanol–water partition coefficient (Wildman–Crippen LogP) is 3.81. The Kier molecular flexibility index (Phi) is 9.49. The smallest absolute Gasteiger partial charge is 0.274 e. The summed E-state index contributed by atoms with van der Waals surface area (Å²) in [5, 5.41) is 11.3. The number of aliphatic hydroxyl groups is 1. The summed E-state index contributed by atoms with van der Waals surface area (Å²) in [5.74, 6) is 0.728. The van der Waals surface area contributed by atoms with Gasteiger partial charge in [-0.1, -0.05) is 50.8 Å². The number of hydrogen-bond acceptors (Lipinski definition) is 5. The summed E-state index contributed by atoms with van der Waals surface area (Å²) in [6, 6.07) is 3.97. The largest absolute Gasteiger partial charge is 0.492 e. The molecule has 1 unspecified atom stereocenters. The number of carbonyl (C=O) groups excluding carboxylic acids is 1. The lowest BCUT2D eigenvalue weighted by Gasteiger charge is -2.34. The molecule has 0 saturated heterocycles. The predicted molar refractivity (Wildman–Crippen MR) is 145 cm³/mol. The van der Waals surface area contributed by atoms with E-state index in [-0.39, 0.29) is 11.5 Å². The maximum absolute atomic E-state index is 13.0. The molecule has 202 valence electrons. The van der Waals surface area contributed by atoms with Crippen LogP contribution in [0.15, 0.2) is 21.9 Å². The van der Waals surface area contributed by atoms with Gasteiger partial charge in [0.15, 0.2) is 0 Å². The third-order valence-corrected chi connectivity index (χ3v) is 7.93. The van der Waals surface area contributed by atoms with Crippen LogP contribution < -0.4 is 21.3 Å². The van der Waals surface area contributed by atoms with Crippen LogP contribution in [-0.2, 0) is 11.3 Å². The van der Waals surface area contributed by atoms with E-state index in [0.717, 1.165) is 37.8 Å². The molecule has 37 heavy (non-hydrogen) atoms. The Labute approximate surface area is 223 Å². The number of ether oxygens (including phenoxy) is 1. The van der Waals surface area contributed by atoms with Crippen molar-refractivity contribution in [2.75, 3.05) is 13.2 Å². The molecule has 1 amide bonds. The first-order chi connectivity index (χ1) is 17.9. The average Bonchev–Trinajstić information content (AvgIpc) is 3.18. The van der Waals surface area contributed by atoms with Crippen LogP contribution in [0.2, 0.25) is 5.02 Å². The zero-order valence-corrected chi connectivity index (χ0v) is 22.6. The number of nitrogens with one attached hydrogen (secondary N) is 1. The van der Waals surface area contributed by atoms with Gasteiger partial charge in [0.2, 0.25) is 11.5 Å². The number of aromatic amines is 1. The monoisotopic (exact) mass is 530 g/mol. The molecular weight excluding hydrogens is 492 g/mol. The molecule has 0 spiro atoms. The number of nitrogens with zero attached hydrogens (tertiary/aromatic N) is 3. The summed E-state index contributed by atoms with van der Waals surface area (Å²) < 4.78 is 7.61. The second-order valence-electron chi connectivity index (χ2n) is 10.2. The first kappa shape index (κ1) is 27.5. The van der Waals surface area contributed by atoms with Gasteiger partial charge in [0.1, 0.15) is 11.1 Å². The third-order valence-electron chi connectivity index (χ3n) is 7.51. The van der Waals surface area contributed by atoms with Crippen molar-refractivity contribution in [3.63, 3.8) is 0 Å². The minimum absolute atomic E-state index is 0.180. The molecular formula is C28H39ClN4O4. The van der Waals surface area contributed by atoms with Crippen molar-refractivity contribution in [2.45, 2.75) is 96.2 Å². The molecule has 1 atom stereocenters. The van der Waals surface area contributed by atoms with Crippen molar-refractivity contribution in [3.8, 4) is 5.75 Å². The Morgan fingerprint density at radius 3 is 2.84 bits per heavy atom. The number of fused-ring (bicyclic) bond motifs is 2. The fourth-order valence-corrected chi connectivity index (χ4v) is 5.56. The summed E-state index contributed by atoms with van der Waals surface area (Å²) in [6.07, 6.45) is 9.53. The first-order valence-electron chi connectivity index (χ1n) is 13.7. The van der Waals surface area contributed by atoms with E-state index in [9.17, 15) is 14.7 Å². The SMILES string of the molecule is C=c1c(=O)[nH]c2n1Cc1c(ccc(OCCCC(O)CCC(=O)N(CCCC)C3CCCCC3)c1Cl)N=2. The van der Waals surface area contributed by atoms with Crippen molar-refractivity contribution in [2.24, 2.45) is 4.99 Å². The fraction of sp³-hybridized carbons (Fsp3) is 0.607. The number of aromatic nitrogens is 2. The molecule has 1 aliphatic heterocycles. The summed E-state index contributed by atoms with van der Waals surface area (Å²) >= 11 is 6.61. The van der Waals surface area contributed by atoms with Gasteiger partial charge in [-0.15, -0.1) is 0 Å². The van der Waals surface area contributed by atoms with Gasteiger partial charge in [-0.25, -0.2) is 4.99 Å². The van der Waals surface area contributed by atoms with Crippen LogP contribution >= 0.6 is 11.6 Å². The molecule has 0 bridgehead atoms. The molecule has 9 heteroatoms. The van der Waals surface area contributed by atoms with E-state index >= 15 is 0 Å². The zero-order chi connectivity index (χ0) is 26.4. The molecule has 2 aromatic rings. The van der Waals surface area contributed by atoms with Crippen LogP contribution in [0.3, 0.4) is 0 Å². The lowest BCUT2D eigenvalue weighted by molar-refractivity contribution is -0.135. The number of H-pyrrole nitrogens is 1. The Morgan fingerprint density at radius 1 is 1.30 bits per heavy atom. The van der Waals surface area contributed by atoms with Crippen molar-refractivity contribution in [1.82, 2.24) is 14.5 Å². The first-order valence-corrected chi connectivity index (χ1v) is 14.0. The van der Waals surface area contributed by atoms with Gasteiger partial charge in [-0.05, 0) is 50.7 Å². The Balaban J connectivity index is 1.23. The topological polar surface area (TPSA) is 99.9 Å². The zero-order valence-electron chi connectivity index (χ0n) is 21.8. The molecule has 1 aliphatic carbocycles. The van der Waals surface area contributed by atoms with Gasteiger partial charge in [-0.3, -0.25) is 14.6 Å². The van der Waals surface area contributed by atoms with Crippen molar-refractivity contribution >= 4 is 29.8 Å². The highest BCUT2D eigenvalue weighted by Crippen LogP contribution is 2.36. The van der Waals surface area contributed by atoms with E-state index < -0.39 is 6.10 Å². The van der Waals surface area contributed by atoms with E-state index in [1.165, 1.54) is 19.3 Å². The molecule has 1 saturated carbocycles. The maximum Gasteiger partial charge on any atom is 0.274 e. The lowest BCUT2D eigenvalue weighted by atomic mass is 9.93. The molecule has 1 aromatic carbocycles. The molecule has 4 rings (SSSR count). The summed E-state index contributed by atoms with van der Waals surface area (Å²) in [7, 11) is 0. The van der Waals surface area contributed by atoms with Gasteiger partial charge in [-0.2, -0.15) is 0 Å². The highest BCUT2D eigenvalue weighted by molar-refractivity contribution is 6.33. The molecule has 0 radical (unpaired) electrons. The maximum atomic E-state index is 13.0. The number of halogens is 1. The van der Waals surface area contributed by atoms with Crippen molar-refractivity contribution in [3.05, 3.63) is 44.0 Å². The number of unbranched alkanes of at least 4 members (excludes halogenated alkanes) is 1. The van der Waals surface area contributed by atoms with Gasteiger partial charge in [0.25, 0.3) is 5.56 Å². The number of imidazole rings is 1. The van der Waals surface area contributed by atoms with E-state index in [1.807, 2.05) is 6.07 Å². The van der Waals surface area contributed by atoms with Gasteiger partial charge in [0.05, 0.1) is 30.0 Å². The minimum atomic E-state index is -0.537. The molecule has 2 aliphatic rings. The average molecular weight is 531 g/mol. The quantitative estimate of drug-likeness (QED) is 0.348. The van der Waals surface area contributed by atoms with Crippen LogP contribution in [-0.4, -0.2) is 50.8 Å².